The first-order valence-electron chi connectivity index (χ1n) is 5.38. The second-order valence-corrected chi connectivity index (χ2v) is 4.01. The van der Waals surface area contributed by atoms with E-state index >= 15 is 0 Å². The summed E-state index contributed by atoms with van der Waals surface area (Å²) in [7, 11) is 0. The zero-order chi connectivity index (χ0) is 13.2. The van der Waals surface area contributed by atoms with Crippen LogP contribution in [-0.2, 0) is 6.42 Å². The van der Waals surface area contributed by atoms with Gasteiger partial charge >= 0.3 is 6.18 Å². The minimum absolute atomic E-state index is 0.258. The quantitative estimate of drug-likeness (QED) is 0.913. The molecule has 1 aromatic carbocycles. The van der Waals surface area contributed by atoms with Gasteiger partial charge in [0, 0.05) is 12.8 Å². The number of fused-ring (bicyclic) bond motifs is 1. The number of hydrogen-bond donors (Lipinski definition) is 1. The van der Waals surface area contributed by atoms with Gasteiger partial charge in [-0.2, -0.15) is 18.4 Å². The average molecular weight is 253 g/mol. The van der Waals surface area contributed by atoms with Crippen molar-refractivity contribution >= 4 is 11.0 Å². The van der Waals surface area contributed by atoms with Gasteiger partial charge in [0.1, 0.15) is 5.82 Å². The van der Waals surface area contributed by atoms with Crippen LogP contribution < -0.4 is 0 Å². The molecule has 18 heavy (non-hydrogen) atoms. The Morgan fingerprint density at radius 3 is 2.67 bits per heavy atom. The van der Waals surface area contributed by atoms with Crippen LogP contribution in [0.1, 0.15) is 12.2 Å². The Hall–Kier alpha value is -2.03. The number of hydrogen-bond acceptors (Lipinski definition) is 2. The molecule has 6 heteroatoms. The molecule has 3 nitrogen and oxygen atoms in total. The summed E-state index contributed by atoms with van der Waals surface area (Å²) in [6.45, 7) is 0. The van der Waals surface area contributed by atoms with E-state index in [-0.39, 0.29) is 12.2 Å². The van der Waals surface area contributed by atoms with Crippen LogP contribution in [0.5, 0.6) is 0 Å². The first-order chi connectivity index (χ1) is 8.50. The number of rotatable bonds is 3. The van der Waals surface area contributed by atoms with E-state index in [1.54, 1.807) is 30.3 Å². The van der Waals surface area contributed by atoms with Gasteiger partial charge in [-0.3, -0.25) is 0 Å². The number of nitrogens with one attached hydrogen (secondary N) is 1. The average Bonchev–Trinajstić information content (AvgIpc) is 2.69. The molecule has 0 unspecified atom stereocenters. The van der Waals surface area contributed by atoms with Crippen LogP contribution in [0.25, 0.3) is 11.0 Å². The summed E-state index contributed by atoms with van der Waals surface area (Å²) >= 11 is 0. The molecular formula is C12H10F3N3. The number of aromatic nitrogens is 2. The minimum atomic E-state index is -4.38. The maximum absolute atomic E-state index is 12.7. The molecule has 94 valence electrons. The Bertz CT molecular complexity index is 547. The number of para-hydroxylation sites is 2. The minimum Gasteiger partial charge on any atom is -0.342 e. The van der Waals surface area contributed by atoms with Crippen LogP contribution in [0.15, 0.2) is 24.3 Å². The Morgan fingerprint density at radius 2 is 2.06 bits per heavy atom. The lowest BCUT2D eigenvalue weighted by Gasteiger charge is -2.15. The number of imidazole rings is 1. The summed E-state index contributed by atoms with van der Waals surface area (Å²) in [6, 6.07) is 8.59. The summed E-state index contributed by atoms with van der Waals surface area (Å²) in [5.41, 5.74) is 1.33. The van der Waals surface area contributed by atoms with Gasteiger partial charge in [0.25, 0.3) is 0 Å². The maximum atomic E-state index is 12.7. The fourth-order valence-electron chi connectivity index (χ4n) is 1.75. The largest absolute Gasteiger partial charge is 0.393 e. The van der Waals surface area contributed by atoms with Crippen LogP contribution in [-0.4, -0.2) is 16.1 Å². The molecular weight excluding hydrogens is 243 g/mol. The topological polar surface area (TPSA) is 52.5 Å². The number of nitriles is 1. The lowest BCUT2D eigenvalue weighted by atomic mass is 10.0. The number of nitrogens with zero attached hydrogens (tertiary/aromatic N) is 2. The number of alkyl halides is 3. The standard InChI is InChI=1S/C12H10F3N3/c13-12(14,15)8(5-6-16)7-11-17-9-3-1-2-4-10(9)18-11/h1-4,8H,5,7H2,(H,17,18)/t8-/m1/s1. The van der Waals surface area contributed by atoms with Crippen LogP contribution in [0, 0.1) is 17.2 Å². The summed E-state index contributed by atoms with van der Waals surface area (Å²) in [5, 5.41) is 8.44. The van der Waals surface area contributed by atoms with Crippen molar-refractivity contribution in [2.45, 2.75) is 19.0 Å². The molecule has 0 bridgehead atoms. The maximum Gasteiger partial charge on any atom is 0.393 e. The lowest BCUT2D eigenvalue weighted by molar-refractivity contribution is -0.173. The van der Waals surface area contributed by atoms with E-state index in [0.29, 0.717) is 11.0 Å². The van der Waals surface area contributed by atoms with Gasteiger partial charge in [-0.15, -0.1) is 0 Å². The van der Waals surface area contributed by atoms with Crippen LogP contribution >= 0.6 is 0 Å². The molecule has 1 aromatic heterocycles. The smallest absolute Gasteiger partial charge is 0.342 e. The third-order valence-corrected chi connectivity index (χ3v) is 2.68. The first-order valence-corrected chi connectivity index (χ1v) is 5.38. The molecule has 1 heterocycles. The van der Waals surface area contributed by atoms with Crippen LogP contribution in [0.4, 0.5) is 13.2 Å². The van der Waals surface area contributed by atoms with E-state index in [1.165, 1.54) is 0 Å². The predicted molar refractivity (Wildman–Crippen MR) is 59.6 cm³/mol. The molecule has 1 atom stereocenters. The van der Waals surface area contributed by atoms with E-state index in [9.17, 15) is 13.2 Å². The van der Waals surface area contributed by atoms with Gasteiger partial charge in [0.05, 0.1) is 23.0 Å². The molecule has 0 aliphatic heterocycles. The number of aromatic amines is 1. The van der Waals surface area contributed by atoms with Crippen molar-refractivity contribution in [1.29, 1.82) is 5.26 Å². The second-order valence-electron chi connectivity index (χ2n) is 4.01. The molecule has 0 spiro atoms. The fourth-order valence-corrected chi connectivity index (χ4v) is 1.75. The molecule has 0 aliphatic carbocycles. The second kappa shape index (κ2) is 4.69. The molecule has 0 amide bonds. The molecule has 0 saturated heterocycles. The van der Waals surface area contributed by atoms with Gasteiger partial charge in [0.15, 0.2) is 0 Å². The highest BCUT2D eigenvalue weighted by atomic mass is 19.4. The van der Waals surface area contributed by atoms with Gasteiger partial charge in [-0.1, -0.05) is 12.1 Å². The highest BCUT2D eigenvalue weighted by Gasteiger charge is 2.39. The molecule has 0 fully saturated rings. The van der Waals surface area contributed by atoms with Crippen LogP contribution in [0.2, 0.25) is 0 Å². The van der Waals surface area contributed by atoms with Crippen LogP contribution in [0.3, 0.4) is 0 Å². The van der Waals surface area contributed by atoms with Crippen molar-refractivity contribution in [1.82, 2.24) is 9.97 Å². The summed E-state index contributed by atoms with van der Waals surface area (Å²) in [4.78, 5) is 6.92. The monoisotopic (exact) mass is 253 g/mol. The molecule has 0 radical (unpaired) electrons. The molecule has 0 saturated carbocycles. The van der Waals surface area contributed by atoms with Gasteiger partial charge < -0.3 is 4.98 Å². The van der Waals surface area contributed by atoms with Crippen molar-refractivity contribution in [3.63, 3.8) is 0 Å². The Morgan fingerprint density at radius 1 is 1.33 bits per heavy atom. The molecule has 2 aromatic rings. The molecule has 1 N–H and O–H groups in total. The van der Waals surface area contributed by atoms with Crippen molar-refractivity contribution < 1.29 is 13.2 Å². The van der Waals surface area contributed by atoms with E-state index < -0.39 is 18.5 Å². The van der Waals surface area contributed by atoms with Crippen molar-refractivity contribution in [2.24, 2.45) is 5.92 Å². The molecule has 2 rings (SSSR count). The van der Waals surface area contributed by atoms with Crippen molar-refractivity contribution in [2.75, 3.05) is 0 Å². The lowest BCUT2D eigenvalue weighted by Crippen LogP contribution is -2.25. The normalized spacial score (nSPS) is 13.4. The summed E-state index contributed by atoms with van der Waals surface area (Å²) in [5.74, 6) is -1.42. The number of benzene rings is 1. The highest BCUT2D eigenvalue weighted by Crippen LogP contribution is 2.31. The predicted octanol–water partition coefficient (Wildman–Crippen LogP) is 3.20. The zero-order valence-corrected chi connectivity index (χ0v) is 9.33. The van der Waals surface area contributed by atoms with E-state index in [0.717, 1.165) is 0 Å². The van der Waals surface area contributed by atoms with E-state index in [1.807, 2.05) is 0 Å². The van der Waals surface area contributed by atoms with Gasteiger partial charge in [0.2, 0.25) is 0 Å². The molecule has 0 aliphatic rings. The van der Waals surface area contributed by atoms with Crippen molar-refractivity contribution in [3.05, 3.63) is 30.1 Å². The van der Waals surface area contributed by atoms with Crippen molar-refractivity contribution in [3.8, 4) is 6.07 Å². The van der Waals surface area contributed by atoms with Gasteiger partial charge in [-0.05, 0) is 12.1 Å². The third-order valence-electron chi connectivity index (χ3n) is 2.68. The first kappa shape index (κ1) is 12.4. The summed E-state index contributed by atoms with van der Waals surface area (Å²) in [6.07, 6.45) is -5.24. The Balaban J connectivity index is 2.24. The highest BCUT2D eigenvalue weighted by molar-refractivity contribution is 5.74. The fraction of sp³-hybridized carbons (Fsp3) is 0.333. The third kappa shape index (κ3) is 2.62. The zero-order valence-electron chi connectivity index (χ0n) is 9.33. The Labute approximate surface area is 101 Å². The number of H-pyrrole nitrogens is 1. The summed E-state index contributed by atoms with van der Waals surface area (Å²) < 4.78 is 38.0. The van der Waals surface area contributed by atoms with E-state index in [2.05, 4.69) is 9.97 Å². The van der Waals surface area contributed by atoms with E-state index in [4.69, 9.17) is 5.26 Å². The Kier molecular flexibility index (Phi) is 3.24. The SMILES string of the molecule is N#CC[C@H](Cc1nc2ccccc2[nH]1)C(F)(F)F. The van der Waals surface area contributed by atoms with Gasteiger partial charge in [-0.25, -0.2) is 4.98 Å². The number of halogens is 3.